The molecule has 0 spiro atoms. The maximum atomic E-state index is 13.6. The van der Waals surface area contributed by atoms with Crippen molar-refractivity contribution in [1.82, 2.24) is 9.78 Å². The highest BCUT2D eigenvalue weighted by atomic mass is 35.5. The predicted molar refractivity (Wildman–Crippen MR) is 66.2 cm³/mol. The molecule has 7 heteroatoms. The van der Waals surface area contributed by atoms with Crippen molar-refractivity contribution in [1.29, 1.82) is 0 Å². The van der Waals surface area contributed by atoms with E-state index in [2.05, 4.69) is 5.10 Å². The van der Waals surface area contributed by atoms with Crippen molar-refractivity contribution in [2.75, 3.05) is 12.8 Å². The number of aryl methyl sites for hydroxylation is 1. The first kappa shape index (κ1) is 12.5. The molecule has 0 unspecified atom stereocenters. The Morgan fingerprint density at radius 3 is 2.67 bits per heavy atom. The van der Waals surface area contributed by atoms with Gasteiger partial charge >= 0.3 is 0 Å². The Morgan fingerprint density at radius 2 is 2.17 bits per heavy atom. The van der Waals surface area contributed by atoms with Gasteiger partial charge in [0.05, 0.1) is 17.8 Å². The Kier molecular flexibility index (Phi) is 3.04. The number of anilines is 1. The number of hydrogen-bond acceptors (Lipinski definition) is 4. The summed E-state index contributed by atoms with van der Waals surface area (Å²) in [4.78, 5) is 0. The number of benzene rings is 1. The van der Waals surface area contributed by atoms with Gasteiger partial charge in [0.15, 0.2) is 17.3 Å². The molecule has 5 nitrogen and oxygen atoms in total. The number of halogens is 2. The summed E-state index contributed by atoms with van der Waals surface area (Å²) in [6, 6.07) is 2.82. The summed E-state index contributed by atoms with van der Waals surface area (Å²) in [6.45, 7) is 0. The third-order valence-electron chi connectivity index (χ3n) is 2.55. The average Bonchev–Trinajstić information content (AvgIpc) is 2.65. The normalized spacial score (nSPS) is 10.7. The van der Waals surface area contributed by atoms with Crippen LogP contribution in [0.1, 0.15) is 0 Å². The van der Waals surface area contributed by atoms with Gasteiger partial charge in [0, 0.05) is 18.7 Å². The monoisotopic (exact) mass is 271 g/mol. The minimum Gasteiger partial charge on any atom is -0.504 e. The molecule has 0 atom stereocenters. The van der Waals surface area contributed by atoms with E-state index >= 15 is 0 Å². The molecule has 1 aromatic carbocycles. The zero-order valence-corrected chi connectivity index (χ0v) is 10.5. The molecule has 0 radical (unpaired) electrons. The van der Waals surface area contributed by atoms with E-state index in [0.717, 1.165) is 0 Å². The van der Waals surface area contributed by atoms with Crippen molar-refractivity contribution in [3.63, 3.8) is 0 Å². The van der Waals surface area contributed by atoms with Crippen LogP contribution in [0.4, 0.5) is 10.2 Å². The largest absolute Gasteiger partial charge is 0.504 e. The van der Waals surface area contributed by atoms with E-state index < -0.39 is 5.82 Å². The number of ether oxygens (including phenoxy) is 1. The Bertz CT molecular complexity index is 593. The van der Waals surface area contributed by atoms with Crippen LogP contribution in [0.25, 0.3) is 11.3 Å². The first-order valence-electron chi connectivity index (χ1n) is 5.00. The third kappa shape index (κ3) is 1.84. The lowest BCUT2D eigenvalue weighted by Gasteiger charge is -2.09. The van der Waals surface area contributed by atoms with Gasteiger partial charge < -0.3 is 15.6 Å². The summed E-state index contributed by atoms with van der Waals surface area (Å²) >= 11 is 5.73. The molecule has 2 rings (SSSR count). The van der Waals surface area contributed by atoms with Gasteiger partial charge in [-0.3, -0.25) is 4.68 Å². The van der Waals surface area contributed by atoms with Gasteiger partial charge in [-0.2, -0.15) is 5.10 Å². The Labute approximate surface area is 108 Å². The second-order valence-electron chi connectivity index (χ2n) is 3.68. The molecule has 0 bridgehead atoms. The van der Waals surface area contributed by atoms with Gasteiger partial charge in [-0.1, -0.05) is 11.6 Å². The van der Waals surface area contributed by atoms with E-state index in [0.29, 0.717) is 11.5 Å². The first-order chi connectivity index (χ1) is 8.45. The Morgan fingerprint density at radius 1 is 1.50 bits per heavy atom. The molecular formula is C11H11ClFN3O2. The van der Waals surface area contributed by atoms with Crippen molar-refractivity contribution in [2.24, 2.45) is 7.05 Å². The van der Waals surface area contributed by atoms with E-state index in [1.54, 1.807) is 13.1 Å². The molecule has 0 aliphatic carbocycles. The van der Waals surface area contributed by atoms with Crippen molar-refractivity contribution < 1.29 is 14.2 Å². The smallest absolute Gasteiger partial charge is 0.198 e. The highest BCUT2D eigenvalue weighted by molar-refractivity contribution is 6.31. The van der Waals surface area contributed by atoms with Crippen LogP contribution in [0.15, 0.2) is 12.1 Å². The van der Waals surface area contributed by atoms with Gasteiger partial charge in [-0.05, 0) is 6.07 Å². The number of phenolic OH excluding ortho intramolecular Hbond substituents is 1. The van der Waals surface area contributed by atoms with E-state index in [1.807, 2.05) is 0 Å². The Balaban J connectivity index is 2.68. The van der Waals surface area contributed by atoms with Gasteiger partial charge in [-0.15, -0.1) is 0 Å². The quantitative estimate of drug-likeness (QED) is 0.878. The molecule has 0 aliphatic rings. The minimum atomic E-state index is -0.815. The minimum absolute atomic E-state index is 0.163. The number of methoxy groups -OCH3 is 1. The highest BCUT2D eigenvalue weighted by Crippen LogP contribution is 2.42. The molecule has 0 saturated carbocycles. The molecule has 1 heterocycles. The number of aromatic nitrogens is 2. The number of hydrogen-bond donors (Lipinski definition) is 2. The van der Waals surface area contributed by atoms with Gasteiger partial charge in [-0.25, -0.2) is 4.39 Å². The molecule has 96 valence electrons. The van der Waals surface area contributed by atoms with Crippen molar-refractivity contribution in [2.45, 2.75) is 0 Å². The van der Waals surface area contributed by atoms with Crippen LogP contribution in [0.5, 0.6) is 11.5 Å². The molecule has 0 aliphatic heterocycles. The third-order valence-corrected chi connectivity index (χ3v) is 2.82. The summed E-state index contributed by atoms with van der Waals surface area (Å²) in [7, 11) is 2.89. The number of nitrogen functional groups attached to an aromatic ring is 1. The summed E-state index contributed by atoms with van der Waals surface area (Å²) in [5.41, 5.74) is 6.28. The molecule has 1 aromatic heterocycles. The average molecular weight is 272 g/mol. The fraction of sp³-hybridized carbons (Fsp3) is 0.182. The van der Waals surface area contributed by atoms with Crippen LogP contribution >= 0.6 is 11.6 Å². The second kappa shape index (κ2) is 4.38. The molecule has 3 N–H and O–H groups in total. The number of nitrogens with two attached hydrogens (primary N) is 1. The SMILES string of the molecule is COc1c(O)c(-c2cc(N)n(C)n2)cc(Cl)c1F. The van der Waals surface area contributed by atoms with E-state index in [4.69, 9.17) is 22.1 Å². The summed E-state index contributed by atoms with van der Waals surface area (Å²) in [6.07, 6.45) is 0. The predicted octanol–water partition coefficient (Wildman–Crippen LogP) is 2.18. The van der Waals surface area contributed by atoms with Crippen molar-refractivity contribution in [3.8, 4) is 22.8 Å². The standard InChI is InChI=1S/C11H11ClFN3O2/c1-16-8(14)4-7(15-16)5-3-6(12)9(13)11(18-2)10(5)17/h3-4,17H,14H2,1-2H3. The highest BCUT2D eigenvalue weighted by Gasteiger charge is 2.20. The molecule has 0 saturated heterocycles. The first-order valence-corrected chi connectivity index (χ1v) is 5.38. The summed E-state index contributed by atoms with van der Waals surface area (Å²) in [5, 5.41) is 13.9. The number of rotatable bonds is 2. The van der Waals surface area contributed by atoms with Crippen LogP contribution in [-0.2, 0) is 7.05 Å². The lowest BCUT2D eigenvalue weighted by Crippen LogP contribution is -1.97. The van der Waals surface area contributed by atoms with Crippen LogP contribution < -0.4 is 10.5 Å². The second-order valence-corrected chi connectivity index (χ2v) is 4.09. The zero-order valence-electron chi connectivity index (χ0n) is 9.74. The molecule has 18 heavy (non-hydrogen) atoms. The van der Waals surface area contributed by atoms with E-state index in [9.17, 15) is 9.50 Å². The van der Waals surface area contributed by atoms with Crippen LogP contribution in [0.2, 0.25) is 5.02 Å². The van der Waals surface area contributed by atoms with Gasteiger partial charge in [0.1, 0.15) is 5.82 Å². The fourth-order valence-electron chi connectivity index (χ4n) is 1.59. The molecule has 0 fully saturated rings. The zero-order chi connectivity index (χ0) is 13.4. The summed E-state index contributed by atoms with van der Waals surface area (Å²) in [5.74, 6) is -1.09. The number of phenols is 1. The van der Waals surface area contributed by atoms with Crippen LogP contribution in [0, 0.1) is 5.82 Å². The fourth-order valence-corrected chi connectivity index (χ4v) is 1.78. The van der Waals surface area contributed by atoms with Crippen LogP contribution in [-0.4, -0.2) is 22.0 Å². The number of aromatic hydroxyl groups is 1. The maximum absolute atomic E-state index is 13.6. The van der Waals surface area contributed by atoms with E-state index in [-0.39, 0.29) is 22.1 Å². The maximum Gasteiger partial charge on any atom is 0.198 e. The molecule has 2 aromatic rings. The Hall–Kier alpha value is -1.95. The van der Waals surface area contributed by atoms with Gasteiger partial charge in [0.2, 0.25) is 0 Å². The van der Waals surface area contributed by atoms with Crippen LogP contribution in [0.3, 0.4) is 0 Å². The van der Waals surface area contributed by atoms with E-state index in [1.165, 1.54) is 17.9 Å². The lowest BCUT2D eigenvalue weighted by molar-refractivity contribution is 0.352. The molecule has 0 amide bonds. The number of nitrogens with zero attached hydrogens (tertiary/aromatic N) is 2. The van der Waals surface area contributed by atoms with Crippen molar-refractivity contribution in [3.05, 3.63) is 23.0 Å². The topological polar surface area (TPSA) is 73.3 Å². The van der Waals surface area contributed by atoms with Gasteiger partial charge in [0.25, 0.3) is 0 Å². The van der Waals surface area contributed by atoms with Crippen molar-refractivity contribution >= 4 is 17.4 Å². The summed E-state index contributed by atoms with van der Waals surface area (Å²) < 4.78 is 19.8. The molecular weight excluding hydrogens is 261 g/mol. The lowest BCUT2D eigenvalue weighted by atomic mass is 10.1.